The number of rotatable bonds is 9. The summed E-state index contributed by atoms with van der Waals surface area (Å²) in [6.07, 6.45) is 6.97. The second kappa shape index (κ2) is 9.32. The van der Waals surface area contributed by atoms with Crippen LogP contribution in [-0.2, 0) is 14.8 Å². The lowest BCUT2D eigenvalue weighted by Crippen LogP contribution is -2.35. The Labute approximate surface area is 197 Å². The van der Waals surface area contributed by atoms with Gasteiger partial charge in [0.25, 0.3) is 0 Å². The quantitative estimate of drug-likeness (QED) is 0.480. The van der Waals surface area contributed by atoms with Crippen LogP contribution < -0.4 is 4.72 Å². The Morgan fingerprint density at radius 1 is 1.12 bits per heavy atom. The Kier molecular flexibility index (Phi) is 6.64. The summed E-state index contributed by atoms with van der Waals surface area (Å²) in [6.45, 7) is 7.13. The minimum Gasteiger partial charge on any atom is -0.366 e. The molecule has 10 nitrogen and oxygen atoms in total. The molecule has 1 aliphatic rings. The number of aryl methyl sites for hydroxylation is 1. The molecule has 1 N–H and O–H groups in total. The zero-order valence-electron chi connectivity index (χ0n) is 18.8. The largest absolute Gasteiger partial charge is 0.366 e. The zero-order valence-corrected chi connectivity index (χ0v) is 20.4. The molecular formula is C21H26ClN7O3S. The van der Waals surface area contributed by atoms with E-state index in [1.165, 1.54) is 12.4 Å². The van der Waals surface area contributed by atoms with Gasteiger partial charge in [-0.25, -0.2) is 18.4 Å². The first-order valence-corrected chi connectivity index (χ1v) is 12.6. The highest BCUT2D eigenvalue weighted by Gasteiger charge is 2.37. The molecule has 1 saturated carbocycles. The van der Waals surface area contributed by atoms with Crippen LogP contribution in [0.4, 0.5) is 5.95 Å². The summed E-state index contributed by atoms with van der Waals surface area (Å²) < 4.78 is 37.1. The van der Waals surface area contributed by atoms with Crippen molar-refractivity contribution < 1.29 is 13.2 Å². The first-order chi connectivity index (χ1) is 15.7. The molecule has 3 heterocycles. The number of hydrogen-bond acceptors (Lipinski definition) is 8. The summed E-state index contributed by atoms with van der Waals surface area (Å²) in [7, 11) is -3.95. The van der Waals surface area contributed by atoms with Crippen molar-refractivity contribution in [1.29, 1.82) is 0 Å². The van der Waals surface area contributed by atoms with Crippen molar-refractivity contribution in [2.45, 2.75) is 64.0 Å². The van der Waals surface area contributed by atoms with Crippen molar-refractivity contribution in [2.24, 2.45) is 0 Å². The number of ether oxygens (including phenoxy) is 1. The Hall–Kier alpha value is -2.63. The number of hydrogen-bond donors (Lipinski definition) is 1. The van der Waals surface area contributed by atoms with Gasteiger partial charge in [0, 0.05) is 36.4 Å². The Morgan fingerprint density at radius 3 is 2.42 bits per heavy atom. The van der Waals surface area contributed by atoms with E-state index in [1.807, 2.05) is 31.4 Å². The number of aromatic nitrogens is 6. The smallest absolute Gasteiger partial charge is 0.240 e. The standard InChI is InChI=1S/C21H26ClN7O3S/c1-12(2)32-18(19-24-10-16(22)11-25-19)14(4)33(30,31)28-21-27-26-20(29(21)17-5-6-17)15-7-13(3)8-23-9-15/h7-12,14,17-18H,5-6H2,1-4H3,(H,27,28). The molecule has 0 radical (unpaired) electrons. The molecule has 0 aliphatic heterocycles. The fourth-order valence-corrected chi connectivity index (χ4v) is 4.63. The molecule has 33 heavy (non-hydrogen) atoms. The number of nitrogens with one attached hydrogen (secondary N) is 1. The van der Waals surface area contributed by atoms with E-state index >= 15 is 0 Å². The van der Waals surface area contributed by atoms with Gasteiger partial charge in [0.15, 0.2) is 11.6 Å². The number of sulfonamides is 1. The molecule has 3 aromatic heterocycles. The average molecular weight is 492 g/mol. The monoisotopic (exact) mass is 491 g/mol. The lowest BCUT2D eigenvalue weighted by molar-refractivity contribution is 0.00154. The van der Waals surface area contributed by atoms with E-state index in [0.717, 1.165) is 24.0 Å². The maximum atomic E-state index is 13.4. The van der Waals surface area contributed by atoms with E-state index in [-0.39, 0.29) is 23.9 Å². The van der Waals surface area contributed by atoms with Crippen LogP contribution in [0, 0.1) is 6.92 Å². The molecule has 1 aliphatic carbocycles. The van der Waals surface area contributed by atoms with Crippen LogP contribution >= 0.6 is 11.6 Å². The molecule has 2 unspecified atom stereocenters. The number of nitrogens with zero attached hydrogens (tertiary/aromatic N) is 6. The summed E-state index contributed by atoms with van der Waals surface area (Å²) in [5.74, 6) is 0.984. The Bertz CT molecular complexity index is 1230. The van der Waals surface area contributed by atoms with Crippen LogP contribution in [0.2, 0.25) is 5.02 Å². The second-order valence-electron chi connectivity index (χ2n) is 8.42. The van der Waals surface area contributed by atoms with Gasteiger partial charge in [0.05, 0.1) is 11.1 Å². The van der Waals surface area contributed by atoms with E-state index < -0.39 is 21.4 Å². The summed E-state index contributed by atoms with van der Waals surface area (Å²) in [6, 6.07) is 2.08. The van der Waals surface area contributed by atoms with Crippen molar-refractivity contribution in [2.75, 3.05) is 4.72 Å². The molecule has 4 rings (SSSR count). The Balaban J connectivity index is 1.65. The van der Waals surface area contributed by atoms with Gasteiger partial charge in [-0.1, -0.05) is 11.6 Å². The maximum absolute atomic E-state index is 13.4. The number of halogens is 1. The average Bonchev–Trinajstić information content (AvgIpc) is 3.52. The molecule has 0 spiro atoms. The van der Waals surface area contributed by atoms with Gasteiger partial charge in [-0.05, 0) is 52.2 Å². The van der Waals surface area contributed by atoms with Gasteiger partial charge in [-0.2, -0.15) is 0 Å². The van der Waals surface area contributed by atoms with Crippen LogP contribution in [0.1, 0.15) is 57.1 Å². The second-order valence-corrected chi connectivity index (χ2v) is 10.9. The molecule has 0 saturated heterocycles. The van der Waals surface area contributed by atoms with E-state index in [1.54, 1.807) is 19.3 Å². The SMILES string of the molecule is Cc1cncc(-c2nnc(NS(=O)(=O)C(C)C(OC(C)C)c3ncc(Cl)cn3)n2C2CC2)c1. The molecular weight excluding hydrogens is 466 g/mol. The lowest BCUT2D eigenvalue weighted by atomic mass is 10.2. The van der Waals surface area contributed by atoms with Gasteiger partial charge in [0.1, 0.15) is 11.4 Å². The highest BCUT2D eigenvalue weighted by molar-refractivity contribution is 7.93. The third kappa shape index (κ3) is 5.31. The van der Waals surface area contributed by atoms with Gasteiger partial charge in [-0.15, -0.1) is 10.2 Å². The summed E-state index contributed by atoms with van der Waals surface area (Å²) >= 11 is 5.90. The predicted octanol–water partition coefficient (Wildman–Crippen LogP) is 3.72. The van der Waals surface area contributed by atoms with Crippen LogP contribution in [0.3, 0.4) is 0 Å². The fourth-order valence-electron chi connectivity index (χ4n) is 3.44. The lowest BCUT2D eigenvalue weighted by Gasteiger charge is -2.25. The first kappa shape index (κ1) is 23.5. The van der Waals surface area contributed by atoms with Crippen molar-refractivity contribution >= 4 is 27.6 Å². The van der Waals surface area contributed by atoms with E-state index in [0.29, 0.717) is 10.8 Å². The van der Waals surface area contributed by atoms with Crippen molar-refractivity contribution in [3.8, 4) is 11.4 Å². The third-order valence-corrected chi connectivity index (χ3v) is 7.09. The molecule has 0 amide bonds. The summed E-state index contributed by atoms with van der Waals surface area (Å²) in [4.78, 5) is 12.6. The van der Waals surface area contributed by atoms with E-state index in [2.05, 4.69) is 29.9 Å². The third-order valence-electron chi connectivity index (χ3n) is 5.20. The first-order valence-electron chi connectivity index (χ1n) is 10.7. The van der Waals surface area contributed by atoms with Gasteiger partial charge >= 0.3 is 0 Å². The van der Waals surface area contributed by atoms with Gasteiger partial charge in [-0.3, -0.25) is 14.3 Å². The molecule has 176 valence electrons. The summed E-state index contributed by atoms with van der Waals surface area (Å²) in [5, 5.41) is 7.76. The predicted molar refractivity (Wildman–Crippen MR) is 124 cm³/mol. The fraction of sp³-hybridized carbons (Fsp3) is 0.476. The number of anilines is 1. The van der Waals surface area contributed by atoms with E-state index in [4.69, 9.17) is 16.3 Å². The van der Waals surface area contributed by atoms with Crippen molar-refractivity contribution in [1.82, 2.24) is 29.7 Å². The van der Waals surface area contributed by atoms with Gasteiger partial charge in [0.2, 0.25) is 16.0 Å². The highest BCUT2D eigenvalue weighted by atomic mass is 35.5. The van der Waals surface area contributed by atoms with Crippen LogP contribution in [0.15, 0.2) is 30.9 Å². The van der Waals surface area contributed by atoms with Gasteiger partial charge < -0.3 is 4.74 Å². The molecule has 0 aromatic carbocycles. The van der Waals surface area contributed by atoms with Crippen LogP contribution in [0.25, 0.3) is 11.4 Å². The molecule has 3 aromatic rings. The molecule has 0 bridgehead atoms. The van der Waals surface area contributed by atoms with Crippen LogP contribution in [-0.4, -0.2) is 49.5 Å². The zero-order chi connectivity index (χ0) is 23.8. The summed E-state index contributed by atoms with van der Waals surface area (Å²) in [5.41, 5.74) is 1.76. The molecule has 12 heteroatoms. The van der Waals surface area contributed by atoms with Crippen LogP contribution in [0.5, 0.6) is 0 Å². The van der Waals surface area contributed by atoms with Crippen molar-refractivity contribution in [3.05, 3.63) is 47.3 Å². The number of pyridine rings is 1. The van der Waals surface area contributed by atoms with Crippen molar-refractivity contribution in [3.63, 3.8) is 0 Å². The minimum absolute atomic E-state index is 0.130. The van der Waals surface area contributed by atoms with E-state index in [9.17, 15) is 8.42 Å². The normalized spacial score (nSPS) is 16.1. The minimum atomic E-state index is -3.95. The maximum Gasteiger partial charge on any atom is 0.240 e. The topological polar surface area (TPSA) is 125 Å². The highest BCUT2D eigenvalue weighted by Crippen LogP contribution is 2.40. The molecule has 2 atom stereocenters. The Morgan fingerprint density at radius 2 is 1.82 bits per heavy atom. The molecule has 1 fully saturated rings.